The molecule has 0 aliphatic carbocycles. The smallest absolute Gasteiger partial charge is 0.324 e. The number of ether oxygens (including phenoxy) is 1. The maximum absolute atomic E-state index is 12.9. The molecule has 6 heteroatoms. The van der Waals surface area contributed by atoms with Crippen LogP contribution in [0.15, 0.2) is 18.2 Å². The van der Waals surface area contributed by atoms with Crippen molar-refractivity contribution in [1.82, 2.24) is 0 Å². The van der Waals surface area contributed by atoms with Gasteiger partial charge in [0.15, 0.2) is 0 Å². The van der Waals surface area contributed by atoms with Crippen LogP contribution in [0.5, 0.6) is 5.75 Å². The quantitative estimate of drug-likeness (QED) is 0.712. The van der Waals surface area contributed by atoms with Gasteiger partial charge in [-0.05, 0) is 12.1 Å². The number of aliphatic carboxylic acids is 1. The van der Waals surface area contributed by atoms with Crippen molar-refractivity contribution in [3.63, 3.8) is 0 Å². The van der Waals surface area contributed by atoms with Gasteiger partial charge in [-0.2, -0.15) is 0 Å². The first-order valence-electron chi connectivity index (χ1n) is 4.40. The van der Waals surface area contributed by atoms with Gasteiger partial charge in [0, 0.05) is 11.6 Å². The number of benzene rings is 1. The molecular weight excluding hydrogens is 217 g/mol. The van der Waals surface area contributed by atoms with Gasteiger partial charge in [-0.1, -0.05) is 0 Å². The lowest BCUT2D eigenvalue weighted by Crippen LogP contribution is -2.36. The van der Waals surface area contributed by atoms with Crippen LogP contribution in [0, 0.1) is 5.82 Å². The molecule has 1 atom stereocenters. The molecule has 1 aromatic carbocycles. The molecule has 0 heterocycles. The van der Waals surface area contributed by atoms with Crippen LogP contribution < -0.4 is 10.5 Å². The third-order valence-corrected chi connectivity index (χ3v) is 1.78. The average Bonchev–Trinajstić information content (AvgIpc) is 2.24. The Labute approximate surface area is 90.6 Å². The van der Waals surface area contributed by atoms with Gasteiger partial charge in [0.05, 0.1) is 0 Å². The lowest BCUT2D eigenvalue weighted by atomic mass is 10.2. The number of rotatable bonds is 5. The molecule has 0 aromatic heterocycles. The molecule has 1 rings (SSSR count). The van der Waals surface area contributed by atoms with Crippen molar-refractivity contribution in [2.45, 2.75) is 6.04 Å². The molecule has 0 aliphatic heterocycles. The van der Waals surface area contributed by atoms with E-state index in [-0.39, 0.29) is 17.9 Å². The van der Waals surface area contributed by atoms with Gasteiger partial charge in [0.1, 0.15) is 30.5 Å². The number of carbonyl (C=O) groups excluding carboxylic acids is 1. The van der Waals surface area contributed by atoms with E-state index in [0.29, 0.717) is 6.29 Å². The van der Waals surface area contributed by atoms with Crippen molar-refractivity contribution in [2.24, 2.45) is 5.73 Å². The van der Waals surface area contributed by atoms with E-state index in [1.165, 1.54) is 6.07 Å². The monoisotopic (exact) mass is 227 g/mol. The number of aldehydes is 1. The third kappa shape index (κ3) is 3.32. The van der Waals surface area contributed by atoms with Crippen LogP contribution >= 0.6 is 0 Å². The van der Waals surface area contributed by atoms with E-state index in [0.717, 1.165) is 12.1 Å². The van der Waals surface area contributed by atoms with Gasteiger partial charge in [0.25, 0.3) is 0 Å². The number of hydrogen-bond acceptors (Lipinski definition) is 4. The summed E-state index contributed by atoms with van der Waals surface area (Å²) in [5.74, 6) is -1.78. The highest BCUT2D eigenvalue weighted by Gasteiger charge is 2.12. The zero-order valence-electron chi connectivity index (χ0n) is 8.22. The minimum atomic E-state index is -1.22. The predicted molar refractivity (Wildman–Crippen MR) is 52.9 cm³/mol. The lowest BCUT2D eigenvalue weighted by Gasteiger charge is -2.09. The maximum atomic E-state index is 12.9. The summed E-state index contributed by atoms with van der Waals surface area (Å²) in [6.45, 7) is -0.295. The molecule has 0 aliphatic rings. The van der Waals surface area contributed by atoms with E-state index in [1.807, 2.05) is 0 Å². The molecule has 86 valence electrons. The number of halogens is 1. The standard InChI is InChI=1S/C10H10FNO4/c11-7-1-6(4-13)2-8(3-7)16-5-9(12)10(14)15/h1-4,9H,5,12H2,(H,14,15). The molecule has 0 saturated carbocycles. The van der Waals surface area contributed by atoms with Gasteiger partial charge in [-0.15, -0.1) is 0 Å². The maximum Gasteiger partial charge on any atom is 0.324 e. The fraction of sp³-hybridized carbons (Fsp3) is 0.200. The SMILES string of the molecule is NC(COc1cc(F)cc(C=O)c1)C(=O)O. The Kier molecular flexibility index (Phi) is 3.96. The number of carboxylic acid groups (broad SMARTS) is 1. The molecule has 3 N–H and O–H groups in total. The minimum absolute atomic E-state index is 0.0683. The third-order valence-electron chi connectivity index (χ3n) is 1.78. The topological polar surface area (TPSA) is 89.6 Å². The second kappa shape index (κ2) is 5.22. The van der Waals surface area contributed by atoms with Crippen molar-refractivity contribution in [3.8, 4) is 5.75 Å². The molecular formula is C10H10FNO4. The molecule has 1 aromatic rings. The molecule has 0 fully saturated rings. The van der Waals surface area contributed by atoms with Crippen LogP contribution in [0.1, 0.15) is 10.4 Å². The van der Waals surface area contributed by atoms with E-state index >= 15 is 0 Å². The van der Waals surface area contributed by atoms with E-state index in [4.69, 9.17) is 15.6 Å². The van der Waals surface area contributed by atoms with Crippen molar-refractivity contribution in [2.75, 3.05) is 6.61 Å². The predicted octanol–water partition coefficient (Wildman–Crippen LogP) is 0.429. The summed E-state index contributed by atoms with van der Waals surface area (Å²) >= 11 is 0. The fourth-order valence-electron chi connectivity index (χ4n) is 0.993. The molecule has 5 nitrogen and oxygen atoms in total. The Balaban J connectivity index is 2.70. The van der Waals surface area contributed by atoms with Crippen LogP contribution in [0.3, 0.4) is 0 Å². The summed E-state index contributed by atoms with van der Waals surface area (Å²) < 4.78 is 17.9. The zero-order chi connectivity index (χ0) is 12.1. The molecule has 0 saturated heterocycles. The van der Waals surface area contributed by atoms with Gasteiger partial charge in [0.2, 0.25) is 0 Å². The first-order valence-corrected chi connectivity index (χ1v) is 4.40. The fourth-order valence-corrected chi connectivity index (χ4v) is 0.993. The second-order valence-electron chi connectivity index (χ2n) is 3.09. The minimum Gasteiger partial charge on any atom is -0.491 e. The second-order valence-corrected chi connectivity index (χ2v) is 3.09. The number of carboxylic acids is 1. The van der Waals surface area contributed by atoms with Crippen molar-refractivity contribution in [1.29, 1.82) is 0 Å². The van der Waals surface area contributed by atoms with Crippen molar-refractivity contribution in [3.05, 3.63) is 29.6 Å². The van der Waals surface area contributed by atoms with E-state index in [2.05, 4.69) is 0 Å². The highest BCUT2D eigenvalue weighted by molar-refractivity contribution is 5.75. The van der Waals surface area contributed by atoms with Crippen LogP contribution in [0.25, 0.3) is 0 Å². The van der Waals surface area contributed by atoms with Gasteiger partial charge < -0.3 is 15.6 Å². The van der Waals surface area contributed by atoms with Crippen molar-refractivity contribution >= 4 is 12.3 Å². The average molecular weight is 227 g/mol. The molecule has 0 amide bonds. The Morgan fingerprint density at radius 2 is 2.25 bits per heavy atom. The van der Waals surface area contributed by atoms with Crippen molar-refractivity contribution < 1.29 is 23.8 Å². The molecule has 16 heavy (non-hydrogen) atoms. The number of hydrogen-bond donors (Lipinski definition) is 2. The van der Waals surface area contributed by atoms with Crippen LogP contribution in [-0.4, -0.2) is 30.0 Å². The summed E-state index contributed by atoms with van der Waals surface area (Å²) in [6, 6.07) is 2.19. The van der Waals surface area contributed by atoms with Crippen LogP contribution in [0.2, 0.25) is 0 Å². The normalized spacial score (nSPS) is 11.9. The van der Waals surface area contributed by atoms with Gasteiger partial charge >= 0.3 is 5.97 Å². The Morgan fingerprint density at radius 3 is 2.81 bits per heavy atom. The molecule has 0 radical (unpaired) electrons. The number of carbonyl (C=O) groups is 2. The summed E-state index contributed by atoms with van der Waals surface area (Å²) in [6.07, 6.45) is 0.465. The highest BCUT2D eigenvalue weighted by atomic mass is 19.1. The Morgan fingerprint density at radius 1 is 1.56 bits per heavy atom. The molecule has 0 spiro atoms. The van der Waals surface area contributed by atoms with E-state index in [1.54, 1.807) is 0 Å². The first kappa shape index (κ1) is 12.1. The summed E-state index contributed by atoms with van der Waals surface area (Å²) in [5.41, 5.74) is 5.30. The zero-order valence-corrected chi connectivity index (χ0v) is 8.22. The van der Waals surface area contributed by atoms with Gasteiger partial charge in [-0.25, -0.2) is 4.39 Å². The first-order chi connectivity index (χ1) is 7.52. The summed E-state index contributed by atoms with van der Waals surface area (Å²) in [4.78, 5) is 20.8. The van der Waals surface area contributed by atoms with Crippen LogP contribution in [-0.2, 0) is 4.79 Å². The Hall–Kier alpha value is -1.95. The molecule has 1 unspecified atom stereocenters. The number of nitrogens with two attached hydrogens (primary N) is 1. The lowest BCUT2D eigenvalue weighted by molar-refractivity contribution is -0.139. The van der Waals surface area contributed by atoms with Crippen LogP contribution in [0.4, 0.5) is 4.39 Å². The van der Waals surface area contributed by atoms with E-state index < -0.39 is 17.8 Å². The highest BCUT2D eigenvalue weighted by Crippen LogP contribution is 2.15. The van der Waals surface area contributed by atoms with Gasteiger partial charge in [-0.3, -0.25) is 9.59 Å². The van der Waals surface area contributed by atoms with E-state index in [9.17, 15) is 14.0 Å². The Bertz CT molecular complexity index is 408. The largest absolute Gasteiger partial charge is 0.491 e. The summed E-state index contributed by atoms with van der Waals surface area (Å²) in [5, 5.41) is 8.48. The molecule has 0 bridgehead atoms. The summed E-state index contributed by atoms with van der Waals surface area (Å²) in [7, 11) is 0.